The number of alkyl halides is 2. The van der Waals surface area contributed by atoms with Gasteiger partial charge >= 0.3 is 0 Å². The Morgan fingerprint density at radius 3 is 1.76 bits per heavy atom. The van der Waals surface area contributed by atoms with E-state index in [-0.39, 0.29) is 3.23 Å². The summed E-state index contributed by atoms with van der Waals surface area (Å²) in [7, 11) is 0. The van der Waals surface area contributed by atoms with Gasteiger partial charge in [0, 0.05) is 10.8 Å². The van der Waals surface area contributed by atoms with E-state index in [4.69, 9.17) is 0 Å². The van der Waals surface area contributed by atoms with Crippen LogP contribution >= 0.6 is 31.9 Å². The molecule has 3 aliphatic carbocycles. The first kappa shape index (κ1) is 11.0. The summed E-state index contributed by atoms with van der Waals surface area (Å²) in [5.74, 6) is 0. The SMILES string of the molecule is BrC1(Br)[C@@]23CCCC[C@@]12Cc1ccccc1C3. The number of benzene rings is 1. The molecule has 1 aromatic carbocycles. The van der Waals surface area contributed by atoms with Gasteiger partial charge in [-0.1, -0.05) is 69.0 Å². The second-order valence-electron chi connectivity index (χ2n) is 6.07. The van der Waals surface area contributed by atoms with Gasteiger partial charge in [-0.3, -0.25) is 0 Å². The Morgan fingerprint density at radius 2 is 1.29 bits per heavy atom. The quantitative estimate of drug-likeness (QED) is 0.584. The highest BCUT2D eigenvalue weighted by Crippen LogP contribution is 2.87. The monoisotopic (exact) mass is 354 g/mol. The first-order valence-corrected chi connectivity index (χ1v) is 8.16. The molecule has 2 atom stereocenters. The van der Waals surface area contributed by atoms with E-state index < -0.39 is 0 Å². The number of fused-ring (bicyclic) bond motifs is 1. The van der Waals surface area contributed by atoms with Crippen LogP contribution in [0.2, 0.25) is 0 Å². The highest BCUT2D eigenvalue weighted by Gasteiger charge is 2.85. The van der Waals surface area contributed by atoms with Crippen molar-refractivity contribution < 1.29 is 0 Å². The summed E-state index contributed by atoms with van der Waals surface area (Å²) in [6.07, 6.45) is 8.11. The fourth-order valence-electron chi connectivity index (χ4n) is 4.68. The van der Waals surface area contributed by atoms with Crippen LogP contribution in [-0.4, -0.2) is 3.23 Å². The maximum atomic E-state index is 4.03. The first-order valence-electron chi connectivity index (χ1n) is 6.58. The minimum atomic E-state index is 0.204. The molecule has 90 valence electrons. The second kappa shape index (κ2) is 3.19. The second-order valence-corrected chi connectivity index (χ2v) is 9.51. The molecule has 0 aliphatic heterocycles. The summed E-state index contributed by atoms with van der Waals surface area (Å²) in [6.45, 7) is 0. The first-order chi connectivity index (χ1) is 8.13. The van der Waals surface area contributed by atoms with Crippen LogP contribution in [0, 0.1) is 10.8 Å². The number of rotatable bonds is 0. The molecule has 3 aliphatic rings. The van der Waals surface area contributed by atoms with Crippen molar-refractivity contribution in [2.24, 2.45) is 10.8 Å². The van der Waals surface area contributed by atoms with Crippen molar-refractivity contribution in [3.05, 3.63) is 35.4 Å². The lowest BCUT2D eigenvalue weighted by Crippen LogP contribution is -2.28. The Kier molecular flexibility index (Phi) is 2.07. The van der Waals surface area contributed by atoms with Crippen molar-refractivity contribution in [3.8, 4) is 0 Å². The van der Waals surface area contributed by atoms with E-state index in [1.165, 1.54) is 38.5 Å². The smallest absolute Gasteiger partial charge is 0.0714 e. The van der Waals surface area contributed by atoms with Crippen LogP contribution in [0.4, 0.5) is 0 Å². The molecule has 0 aromatic heterocycles. The van der Waals surface area contributed by atoms with Gasteiger partial charge in [0.1, 0.15) is 0 Å². The molecule has 0 spiro atoms. The minimum absolute atomic E-state index is 0.204. The number of halogens is 2. The van der Waals surface area contributed by atoms with E-state index in [1.807, 2.05) is 0 Å². The van der Waals surface area contributed by atoms with Gasteiger partial charge in [-0.05, 0) is 36.8 Å². The van der Waals surface area contributed by atoms with Crippen LogP contribution in [0.15, 0.2) is 24.3 Å². The Hall–Kier alpha value is 0.180. The molecule has 0 saturated heterocycles. The van der Waals surface area contributed by atoms with Crippen molar-refractivity contribution in [1.29, 1.82) is 0 Å². The fourth-order valence-corrected chi connectivity index (χ4v) is 7.35. The molecule has 1 aromatic rings. The molecule has 0 radical (unpaired) electrons. The van der Waals surface area contributed by atoms with E-state index in [0.717, 1.165) is 0 Å². The zero-order valence-electron chi connectivity index (χ0n) is 9.81. The van der Waals surface area contributed by atoms with Crippen LogP contribution in [-0.2, 0) is 12.8 Å². The largest absolute Gasteiger partial charge is 0.0935 e. The zero-order valence-corrected chi connectivity index (χ0v) is 13.0. The van der Waals surface area contributed by atoms with Gasteiger partial charge in [0.25, 0.3) is 0 Å². The molecule has 17 heavy (non-hydrogen) atoms. The Balaban J connectivity index is 1.87. The normalized spacial score (nSPS) is 41.1. The molecular formula is C15H16Br2. The molecule has 0 bridgehead atoms. The standard InChI is InChI=1S/C15H16Br2/c16-15(17)13-7-3-4-8-14(13,15)10-12-6-2-1-5-11(12)9-13/h1-2,5-6H,3-4,7-10H2/t13-,14+. The molecule has 4 rings (SSSR count). The molecule has 2 heteroatoms. The van der Waals surface area contributed by atoms with E-state index in [2.05, 4.69) is 56.1 Å². The third-order valence-electron chi connectivity index (χ3n) is 5.62. The lowest BCUT2D eigenvalue weighted by Gasteiger charge is -2.34. The molecule has 0 nitrogen and oxygen atoms in total. The van der Waals surface area contributed by atoms with Gasteiger partial charge in [-0.25, -0.2) is 0 Å². The summed E-state index contributed by atoms with van der Waals surface area (Å²) in [6, 6.07) is 9.05. The predicted molar refractivity (Wildman–Crippen MR) is 77.8 cm³/mol. The van der Waals surface area contributed by atoms with Crippen LogP contribution in [0.5, 0.6) is 0 Å². The third-order valence-corrected chi connectivity index (χ3v) is 8.65. The minimum Gasteiger partial charge on any atom is -0.0714 e. The molecular weight excluding hydrogens is 340 g/mol. The lowest BCUT2D eigenvalue weighted by molar-refractivity contribution is 0.221. The molecule has 0 amide bonds. The predicted octanol–water partition coefficient (Wildman–Crippen LogP) is 4.83. The summed E-state index contributed by atoms with van der Waals surface area (Å²) in [5, 5.41) is 0. The maximum absolute atomic E-state index is 4.03. The van der Waals surface area contributed by atoms with Crippen LogP contribution in [0.25, 0.3) is 0 Å². The van der Waals surface area contributed by atoms with Crippen LogP contribution < -0.4 is 0 Å². The maximum Gasteiger partial charge on any atom is 0.0935 e. The molecule has 0 N–H and O–H groups in total. The lowest BCUT2D eigenvalue weighted by atomic mass is 9.69. The average Bonchev–Trinajstić information content (AvgIpc) is 2.78. The zero-order chi connectivity index (χ0) is 11.7. The van der Waals surface area contributed by atoms with Gasteiger partial charge in [-0.15, -0.1) is 0 Å². The van der Waals surface area contributed by atoms with Crippen LogP contribution in [0.3, 0.4) is 0 Å². The van der Waals surface area contributed by atoms with Crippen molar-refractivity contribution in [2.75, 3.05) is 0 Å². The van der Waals surface area contributed by atoms with Gasteiger partial charge in [0.15, 0.2) is 0 Å². The van der Waals surface area contributed by atoms with E-state index in [9.17, 15) is 0 Å². The molecule has 0 unspecified atom stereocenters. The summed E-state index contributed by atoms with van der Waals surface area (Å²) < 4.78 is 0.204. The van der Waals surface area contributed by atoms with Gasteiger partial charge in [0.05, 0.1) is 3.23 Å². The Bertz CT molecular complexity index is 450. The summed E-state index contributed by atoms with van der Waals surface area (Å²) in [5.41, 5.74) is 4.16. The topological polar surface area (TPSA) is 0 Å². The number of hydrogen-bond acceptors (Lipinski definition) is 0. The van der Waals surface area contributed by atoms with E-state index in [0.29, 0.717) is 10.8 Å². The van der Waals surface area contributed by atoms with Gasteiger partial charge in [-0.2, -0.15) is 0 Å². The van der Waals surface area contributed by atoms with Gasteiger partial charge < -0.3 is 0 Å². The highest BCUT2D eigenvalue weighted by atomic mass is 79.9. The van der Waals surface area contributed by atoms with Crippen molar-refractivity contribution in [2.45, 2.75) is 41.8 Å². The molecule has 2 saturated carbocycles. The van der Waals surface area contributed by atoms with Crippen molar-refractivity contribution in [3.63, 3.8) is 0 Å². The molecule has 2 fully saturated rings. The fraction of sp³-hybridized carbons (Fsp3) is 0.600. The summed E-state index contributed by atoms with van der Waals surface area (Å²) >= 11 is 8.06. The highest BCUT2D eigenvalue weighted by molar-refractivity contribution is 9.25. The Labute approximate surface area is 119 Å². The van der Waals surface area contributed by atoms with Crippen LogP contribution in [0.1, 0.15) is 36.8 Å². The van der Waals surface area contributed by atoms with E-state index in [1.54, 1.807) is 11.1 Å². The summed E-state index contributed by atoms with van der Waals surface area (Å²) in [4.78, 5) is 0. The van der Waals surface area contributed by atoms with Crippen molar-refractivity contribution >= 4 is 31.9 Å². The van der Waals surface area contributed by atoms with Gasteiger partial charge in [0.2, 0.25) is 0 Å². The molecule has 0 heterocycles. The van der Waals surface area contributed by atoms with Crippen molar-refractivity contribution in [1.82, 2.24) is 0 Å². The number of hydrogen-bond donors (Lipinski definition) is 0. The Morgan fingerprint density at radius 1 is 0.824 bits per heavy atom. The average molecular weight is 356 g/mol. The van der Waals surface area contributed by atoms with E-state index >= 15 is 0 Å². The third kappa shape index (κ3) is 1.07.